The predicted octanol–water partition coefficient (Wildman–Crippen LogP) is 4.53. The summed E-state index contributed by atoms with van der Waals surface area (Å²) >= 11 is 1.97. The van der Waals surface area contributed by atoms with Gasteiger partial charge in [0.2, 0.25) is 0 Å². The summed E-state index contributed by atoms with van der Waals surface area (Å²) in [7, 11) is -2.48. The van der Waals surface area contributed by atoms with Crippen LogP contribution in [-0.2, 0) is 14.0 Å². The fourth-order valence-electron chi connectivity index (χ4n) is 4.92. The number of thioether (sulfide) groups is 1. The van der Waals surface area contributed by atoms with Gasteiger partial charge in [0.15, 0.2) is 0 Å². The van der Waals surface area contributed by atoms with Crippen molar-refractivity contribution in [2.45, 2.75) is 68.1 Å². The summed E-state index contributed by atoms with van der Waals surface area (Å²) in [6.07, 6.45) is 3.78. The Morgan fingerprint density at radius 3 is 2.07 bits per heavy atom. The highest BCUT2D eigenvalue weighted by Crippen LogP contribution is 2.42. The first-order chi connectivity index (χ1) is 14.4. The number of carbonyl (C=O) groups is 1. The van der Waals surface area contributed by atoms with E-state index in [-0.39, 0.29) is 17.1 Å². The van der Waals surface area contributed by atoms with Crippen LogP contribution in [0.15, 0.2) is 60.7 Å². The number of cyclic esters (lactones) is 1. The van der Waals surface area contributed by atoms with E-state index in [1.54, 1.807) is 0 Å². The van der Waals surface area contributed by atoms with Gasteiger partial charge in [-0.1, -0.05) is 81.4 Å². The standard InChI is InChI=1S/C25H32O3SSi/c1-25(2,3)30(20-10-6-4-7-11-20,21-12-8-5-9-13-21)27-18-19-14-16-23(29-19)22-15-17-24(26)28-22/h4-13,19,22-23H,14-18H2,1-3H3/t19-,22-,23-/m0/s1. The Labute approximate surface area is 185 Å². The third-order valence-corrected chi connectivity index (χ3v) is 13.0. The van der Waals surface area contributed by atoms with Gasteiger partial charge in [0.1, 0.15) is 6.10 Å². The van der Waals surface area contributed by atoms with E-state index in [1.807, 2.05) is 11.8 Å². The van der Waals surface area contributed by atoms with Gasteiger partial charge in [0, 0.05) is 23.5 Å². The topological polar surface area (TPSA) is 35.5 Å². The van der Waals surface area contributed by atoms with Crippen molar-refractivity contribution in [3.63, 3.8) is 0 Å². The van der Waals surface area contributed by atoms with E-state index in [0.29, 0.717) is 16.9 Å². The molecule has 0 aromatic heterocycles. The molecule has 0 unspecified atom stereocenters. The van der Waals surface area contributed by atoms with Gasteiger partial charge >= 0.3 is 5.97 Å². The maximum absolute atomic E-state index is 11.5. The van der Waals surface area contributed by atoms with Gasteiger partial charge in [0.25, 0.3) is 8.32 Å². The lowest BCUT2D eigenvalue weighted by molar-refractivity contribution is -0.141. The van der Waals surface area contributed by atoms with Crippen LogP contribution in [0.2, 0.25) is 5.04 Å². The smallest absolute Gasteiger partial charge is 0.306 e. The number of benzene rings is 2. The molecular formula is C25H32O3SSi. The molecule has 2 aromatic rings. The Balaban J connectivity index is 1.57. The summed E-state index contributed by atoms with van der Waals surface area (Å²) in [5.74, 6) is -0.0346. The minimum Gasteiger partial charge on any atom is -0.461 e. The van der Waals surface area contributed by atoms with E-state index in [0.717, 1.165) is 25.9 Å². The fourth-order valence-corrected chi connectivity index (χ4v) is 11.2. The molecule has 3 nitrogen and oxygen atoms in total. The molecule has 5 heteroatoms. The van der Waals surface area contributed by atoms with Crippen LogP contribution in [0.3, 0.4) is 0 Å². The Kier molecular flexibility index (Phi) is 6.42. The van der Waals surface area contributed by atoms with Crippen molar-refractivity contribution in [3.8, 4) is 0 Å². The average molecular weight is 441 g/mol. The molecule has 4 rings (SSSR count). The second-order valence-corrected chi connectivity index (χ2v) is 15.3. The lowest BCUT2D eigenvalue weighted by Gasteiger charge is -2.43. The Morgan fingerprint density at radius 2 is 1.57 bits per heavy atom. The number of carbonyl (C=O) groups excluding carboxylic acids is 1. The highest BCUT2D eigenvalue weighted by Gasteiger charge is 2.50. The summed E-state index contributed by atoms with van der Waals surface area (Å²) in [6, 6.07) is 21.6. The van der Waals surface area contributed by atoms with Crippen LogP contribution in [0.25, 0.3) is 0 Å². The van der Waals surface area contributed by atoms with Gasteiger partial charge < -0.3 is 9.16 Å². The van der Waals surface area contributed by atoms with Crippen molar-refractivity contribution >= 4 is 36.4 Å². The SMILES string of the molecule is CC(C)(C)[Si](OC[C@@H]1CC[C@@H]([C@@H]2CCC(=O)O2)S1)(c1ccccc1)c1ccccc1. The van der Waals surface area contributed by atoms with E-state index in [2.05, 4.69) is 81.4 Å². The molecule has 2 fully saturated rings. The lowest BCUT2D eigenvalue weighted by atomic mass is 10.1. The number of hydrogen-bond acceptors (Lipinski definition) is 4. The largest absolute Gasteiger partial charge is 0.461 e. The van der Waals surface area contributed by atoms with Crippen molar-refractivity contribution in [3.05, 3.63) is 60.7 Å². The Hall–Kier alpha value is -1.56. The lowest BCUT2D eigenvalue weighted by Crippen LogP contribution is -2.67. The quantitative estimate of drug-likeness (QED) is 0.488. The third-order valence-electron chi connectivity index (χ3n) is 6.37. The van der Waals surface area contributed by atoms with E-state index in [9.17, 15) is 4.79 Å². The summed E-state index contributed by atoms with van der Waals surface area (Å²) in [5.41, 5.74) is 0. The van der Waals surface area contributed by atoms with E-state index in [4.69, 9.17) is 9.16 Å². The summed E-state index contributed by atoms with van der Waals surface area (Å²) in [5, 5.41) is 3.53. The van der Waals surface area contributed by atoms with Gasteiger partial charge in [-0.05, 0) is 34.7 Å². The molecular weight excluding hydrogens is 408 g/mol. The molecule has 30 heavy (non-hydrogen) atoms. The van der Waals surface area contributed by atoms with Gasteiger partial charge in [-0.25, -0.2) is 0 Å². The second kappa shape index (κ2) is 8.89. The highest BCUT2D eigenvalue weighted by molar-refractivity contribution is 8.00. The first kappa shape index (κ1) is 21.7. The molecule has 0 radical (unpaired) electrons. The van der Waals surface area contributed by atoms with Crippen molar-refractivity contribution < 1.29 is 14.0 Å². The first-order valence-electron chi connectivity index (χ1n) is 11.0. The number of esters is 1. The Morgan fingerprint density at radius 1 is 0.967 bits per heavy atom. The average Bonchev–Trinajstić information content (AvgIpc) is 3.38. The van der Waals surface area contributed by atoms with Gasteiger partial charge in [-0.2, -0.15) is 0 Å². The van der Waals surface area contributed by atoms with E-state index >= 15 is 0 Å². The maximum Gasteiger partial charge on any atom is 0.306 e. The van der Waals surface area contributed by atoms with Gasteiger partial charge in [-0.3, -0.25) is 4.79 Å². The third kappa shape index (κ3) is 4.25. The molecule has 0 spiro atoms. The minimum absolute atomic E-state index is 0.000633. The summed E-state index contributed by atoms with van der Waals surface area (Å²) < 4.78 is 12.6. The molecule has 0 amide bonds. The van der Waals surface area contributed by atoms with Crippen LogP contribution in [-0.4, -0.2) is 37.5 Å². The molecule has 2 saturated heterocycles. The predicted molar refractivity (Wildman–Crippen MR) is 127 cm³/mol. The normalized spacial score (nSPS) is 24.8. The zero-order chi connectivity index (χ0) is 21.2. The molecule has 0 N–H and O–H groups in total. The molecule has 2 aliphatic rings. The fraction of sp³-hybridized carbons (Fsp3) is 0.480. The van der Waals surface area contributed by atoms with Crippen molar-refractivity contribution in [2.24, 2.45) is 0 Å². The Bertz CT molecular complexity index is 810. The summed E-state index contributed by atoms with van der Waals surface area (Å²) in [4.78, 5) is 11.5. The zero-order valence-electron chi connectivity index (χ0n) is 18.2. The maximum atomic E-state index is 11.5. The highest BCUT2D eigenvalue weighted by atomic mass is 32.2. The molecule has 0 bridgehead atoms. The van der Waals surface area contributed by atoms with E-state index in [1.165, 1.54) is 10.4 Å². The van der Waals surface area contributed by atoms with E-state index < -0.39 is 8.32 Å². The molecule has 3 atom stereocenters. The molecule has 2 heterocycles. The van der Waals surface area contributed by atoms with Gasteiger partial charge in [0.05, 0.1) is 0 Å². The van der Waals surface area contributed by atoms with Crippen LogP contribution in [0.1, 0.15) is 46.5 Å². The van der Waals surface area contributed by atoms with Crippen LogP contribution < -0.4 is 10.4 Å². The number of ether oxygens (including phenoxy) is 1. The molecule has 160 valence electrons. The number of hydrogen-bond donors (Lipinski definition) is 0. The molecule has 2 aliphatic heterocycles. The monoisotopic (exact) mass is 440 g/mol. The van der Waals surface area contributed by atoms with Crippen LogP contribution in [0, 0.1) is 0 Å². The molecule has 0 aliphatic carbocycles. The molecule has 0 saturated carbocycles. The number of rotatable bonds is 6. The van der Waals surface area contributed by atoms with Crippen LogP contribution in [0.4, 0.5) is 0 Å². The first-order valence-corrected chi connectivity index (χ1v) is 13.9. The molecule has 2 aromatic carbocycles. The second-order valence-electron chi connectivity index (χ2n) is 9.42. The van der Waals surface area contributed by atoms with Crippen molar-refractivity contribution in [2.75, 3.05) is 6.61 Å². The van der Waals surface area contributed by atoms with Gasteiger partial charge in [-0.15, -0.1) is 11.8 Å². The van der Waals surface area contributed by atoms with Crippen molar-refractivity contribution in [1.29, 1.82) is 0 Å². The van der Waals surface area contributed by atoms with Crippen LogP contribution in [0.5, 0.6) is 0 Å². The minimum atomic E-state index is -2.48. The summed E-state index contributed by atoms with van der Waals surface area (Å²) in [6.45, 7) is 7.71. The zero-order valence-corrected chi connectivity index (χ0v) is 20.0. The van der Waals surface area contributed by atoms with Crippen LogP contribution >= 0.6 is 11.8 Å². The van der Waals surface area contributed by atoms with Crippen molar-refractivity contribution in [1.82, 2.24) is 0 Å².